The highest BCUT2D eigenvalue weighted by atomic mass is 35.5. The van der Waals surface area contributed by atoms with Crippen molar-refractivity contribution in [1.29, 1.82) is 0 Å². The predicted octanol–water partition coefficient (Wildman–Crippen LogP) is 5.67. The van der Waals surface area contributed by atoms with Gasteiger partial charge in [0.25, 0.3) is 5.91 Å². The third-order valence-electron chi connectivity index (χ3n) is 4.37. The fraction of sp³-hybridized carbons (Fsp3) is 0.409. The van der Waals surface area contributed by atoms with Crippen LogP contribution in [0.3, 0.4) is 0 Å². The van der Waals surface area contributed by atoms with Crippen LogP contribution in [0.1, 0.15) is 58.2 Å². The Bertz CT molecular complexity index is 735. The van der Waals surface area contributed by atoms with Crippen molar-refractivity contribution in [2.24, 2.45) is 0 Å². The third kappa shape index (κ3) is 5.50. The molecule has 1 N–H and O–H groups in total. The van der Waals surface area contributed by atoms with E-state index >= 15 is 0 Å². The molecule has 0 fully saturated rings. The van der Waals surface area contributed by atoms with Gasteiger partial charge in [-0.3, -0.25) is 4.79 Å². The van der Waals surface area contributed by atoms with E-state index in [9.17, 15) is 4.79 Å². The van der Waals surface area contributed by atoms with Gasteiger partial charge in [-0.05, 0) is 48.1 Å². The van der Waals surface area contributed by atoms with Crippen molar-refractivity contribution in [3.63, 3.8) is 0 Å². The molecule has 0 aromatic heterocycles. The third-order valence-corrected chi connectivity index (χ3v) is 4.61. The molecule has 26 heavy (non-hydrogen) atoms. The highest BCUT2D eigenvalue weighted by Gasteiger charge is 2.21. The first-order valence-corrected chi connectivity index (χ1v) is 9.41. The molecule has 0 heterocycles. The molecule has 4 heteroatoms. The van der Waals surface area contributed by atoms with Crippen LogP contribution in [0.25, 0.3) is 0 Å². The lowest BCUT2D eigenvalue weighted by Gasteiger charge is -2.22. The second kappa shape index (κ2) is 8.59. The summed E-state index contributed by atoms with van der Waals surface area (Å²) in [5.41, 5.74) is 2.46. The largest absolute Gasteiger partial charge is 0.481 e. The van der Waals surface area contributed by atoms with Gasteiger partial charge in [-0.25, -0.2) is 0 Å². The summed E-state index contributed by atoms with van der Waals surface area (Å²) < 4.78 is 5.81. The Morgan fingerprint density at radius 2 is 1.81 bits per heavy atom. The maximum Gasteiger partial charge on any atom is 0.261 e. The van der Waals surface area contributed by atoms with Crippen LogP contribution in [-0.2, 0) is 10.2 Å². The Kier molecular flexibility index (Phi) is 6.71. The first-order chi connectivity index (χ1) is 12.2. The van der Waals surface area contributed by atoms with Crippen LogP contribution in [0.5, 0.6) is 5.75 Å². The number of carbonyl (C=O) groups excluding carboxylic acids is 1. The molecule has 0 bridgehead atoms. The highest BCUT2D eigenvalue weighted by molar-refractivity contribution is 6.30. The van der Waals surface area contributed by atoms with Crippen LogP contribution in [0.2, 0.25) is 5.02 Å². The molecule has 0 radical (unpaired) electrons. The second-order valence-corrected chi connectivity index (χ2v) is 8.01. The molecule has 2 rings (SSSR count). The van der Waals surface area contributed by atoms with Gasteiger partial charge in [0.2, 0.25) is 0 Å². The Labute approximate surface area is 161 Å². The molecule has 0 unspecified atom stereocenters. The maximum atomic E-state index is 12.6. The Hall–Kier alpha value is -2.00. The van der Waals surface area contributed by atoms with Gasteiger partial charge in [0.1, 0.15) is 5.75 Å². The quantitative estimate of drug-likeness (QED) is 0.708. The van der Waals surface area contributed by atoms with E-state index in [4.69, 9.17) is 16.3 Å². The van der Waals surface area contributed by atoms with E-state index in [0.29, 0.717) is 17.2 Å². The summed E-state index contributed by atoms with van der Waals surface area (Å²) in [4.78, 5) is 12.6. The van der Waals surface area contributed by atoms with E-state index in [0.717, 1.165) is 5.56 Å². The predicted molar refractivity (Wildman–Crippen MR) is 108 cm³/mol. The van der Waals surface area contributed by atoms with Crippen molar-refractivity contribution >= 4 is 17.5 Å². The topological polar surface area (TPSA) is 38.3 Å². The normalized spacial score (nSPS) is 13.8. The number of hydrogen-bond acceptors (Lipinski definition) is 2. The first kappa shape index (κ1) is 20.3. The zero-order chi connectivity index (χ0) is 19.3. The van der Waals surface area contributed by atoms with E-state index in [2.05, 4.69) is 50.4 Å². The molecule has 140 valence electrons. The summed E-state index contributed by atoms with van der Waals surface area (Å²) in [6.45, 7) is 10.5. The number of ether oxygens (including phenoxy) is 1. The fourth-order valence-corrected chi connectivity index (χ4v) is 2.87. The molecule has 0 saturated heterocycles. The van der Waals surface area contributed by atoms with Crippen LogP contribution in [0.15, 0.2) is 48.5 Å². The van der Waals surface area contributed by atoms with Crippen LogP contribution in [0, 0.1) is 0 Å². The first-order valence-electron chi connectivity index (χ1n) is 9.03. The number of amides is 1. The van der Waals surface area contributed by atoms with Gasteiger partial charge < -0.3 is 10.1 Å². The number of rotatable bonds is 6. The van der Waals surface area contributed by atoms with Crippen molar-refractivity contribution in [2.45, 2.75) is 58.6 Å². The van der Waals surface area contributed by atoms with Crippen LogP contribution >= 0.6 is 11.6 Å². The Morgan fingerprint density at radius 3 is 2.35 bits per heavy atom. The molecule has 2 atom stereocenters. The van der Waals surface area contributed by atoms with Gasteiger partial charge in [-0.2, -0.15) is 0 Å². The van der Waals surface area contributed by atoms with Gasteiger partial charge in [-0.1, -0.05) is 69.6 Å². The average molecular weight is 374 g/mol. The molecule has 3 nitrogen and oxygen atoms in total. The van der Waals surface area contributed by atoms with Crippen LogP contribution in [0.4, 0.5) is 0 Å². The standard InChI is InChI=1S/C22H28ClNO2/c1-6-20(26-19-9-7-8-18(23)14-19)21(25)24-15(2)16-10-12-17(13-11-16)22(3,4)5/h7-15,20H,6H2,1-5H3,(H,24,25)/t15-,20+/m0/s1. The number of nitrogens with one attached hydrogen (secondary N) is 1. The number of carbonyl (C=O) groups is 1. The van der Waals surface area contributed by atoms with E-state index in [1.54, 1.807) is 18.2 Å². The molecule has 2 aromatic carbocycles. The average Bonchev–Trinajstić information content (AvgIpc) is 2.59. The summed E-state index contributed by atoms with van der Waals surface area (Å²) >= 11 is 5.98. The van der Waals surface area contributed by atoms with Crippen LogP contribution < -0.4 is 10.1 Å². The minimum absolute atomic E-state index is 0.0893. The van der Waals surface area contributed by atoms with E-state index in [-0.39, 0.29) is 17.4 Å². The molecular weight excluding hydrogens is 346 g/mol. The van der Waals surface area contributed by atoms with E-state index in [1.165, 1.54) is 5.56 Å². The van der Waals surface area contributed by atoms with Crippen molar-refractivity contribution in [3.05, 3.63) is 64.7 Å². The summed E-state index contributed by atoms with van der Waals surface area (Å²) in [5, 5.41) is 3.63. The van der Waals surface area contributed by atoms with E-state index in [1.807, 2.05) is 19.9 Å². The summed E-state index contributed by atoms with van der Waals surface area (Å²) in [7, 11) is 0. The monoisotopic (exact) mass is 373 g/mol. The second-order valence-electron chi connectivity index (χ2n) is 7.57. The van der Waals surface area contributed by atoms with Gasteiger partial charge in [0.15, 0.2) is 6.10 Å². The van der Waals surface area contributed by atoms with Crippen molar-refractivity contribution in [1.82, 2.24) is 5.32 Å². The summed E-state index contributed by atoms with van der Waals surface area (Å²) in [6.07, 6.45) is 0.0263. The molecule has 2 aromatic rings. The zero-order valence-electron chi connectivity index (χ0n) is 16.2. The van der Waals surface area contributed by atoms with Gasteiger partial charge in [-0.15, -0.1) is 0 Å². The lowest BCUT2D eigenvalue weighted by molar-refractivity contribution is -0.128. The number of hydrogen-bond donors (Lipinski definition) is 1. The molecule has 0 spiro atoms. The van der Waals surface area contributed by atoms with Crippen LogP contribution in [-0.4, -0.2) is 12.0 Å². The lowest BCUT2D eigenvalue weighted by atomic mass is 9.86. The Morgan fingerprint density at radius 1 is 1.15 bits per heavy atom. The summed E-state index contributed by atoms with van der Waals surface area (Å²) in [5.74, 6) is 0.474. The minimum atomic E-state index is -0.551. The Balaban J connectivity index is 2.02. The SMILES string of the molecule is CC[C@@H](Oc1cccc(Cl)c1)C(=O)N[C@@H](C)c1ccc(C(C)(C)C)cc1. The zero-order valence-corrected chi connectivity index (χ0v) is 16.9. The van der Waals surface area contributed by atoms with E-state index < -0.39 is 6.10 Å². The maximum absolute atomic E-state index is 12.6. The van der Waals surface area contributed by atoms with Crippen molar-refractivity contribution < 1.29 is 9.53 Å². The van der Waals surface area contributed by atoms with Crippen molar-refractivity contribution in [2.75, 3.05) is 0 Å². The molecular formula is C22H28ClNO2. The van der Waals surface area contributed by atoms with Gasteiger partial charge in [0.05, 0.1) is 6.04 Å². The highest BCUT2D eigenvalue weighted by Crippen LogP contribution is 2.24. The molecule has 0 aliphatic heterocycles. The molecule has 0 aliphatic carbocycles. The van der Waals surface area contributed by atoms with Crippen molar-refractivity contribution in [3.8, 4) is 5.75 Å². The number of halogens is 1. The fourth-order valence-electron chi connectivity index (χ4n) is 2.69. The van der Waals surface area contributed by atoms with Gasteiger partial charge >= 0.3 is 0 Å². The minimum Gasteiger partial charge on any atom is -0.481 e. The lowest BCUT2D eigenvalue weighted by Crippen LogP contribution is -2.39. The van der Waals surface area contributed by atoms with Gasteiger partial charge in [0, 0.05) is 5.02 Å². The summed E-state index contributed by atoms with van der Waals surface area (Å²) in [6, 6.07) is 15.4. The smallest absolute Gasteiger partial charge is 0.261 e. The molecule has 1 amide bonds. The molecule has 0 saturated carbocycles. The molecule has 0 aliphatic rings. The number of benzene rings is 2.